The van der Waals surface area contributed by atoms with Crippen LogP contribution in [0.2, 0.25) is 0 Å². The van der Waals surface area contributed by atoms with Crippen molar-refractivity contribution in [1.29, 1.82) is 0 Å². The maximum atomic E-state index is 11.6. The number of ether oxygens (including phenoxy) is 1. The minimum Gasteiger partial charge on any atom is -0.449 e. The molecule has 0 aromatic rings. The summed E-state index contributed by atoms with van der Waals surface area (Å²) in [5.74, 6) is -1.93. The monoisotopic (exact) mass is 211 g/mol. The molecule has 2 heterocycles. The molecule has 1 unspecified atom stereocenters. The summed E-state index contributed by atoms with van der Waals surface area (Å²) in [4.78, 5) is 38.5. The normalized spacial score (nSPS) is 28.4. The van der Waals surface area contributed by atoms with Crippen molar-refractivity contribution in [2.75, 3.05) is 6.54 Å². The minimum absolute atomic E-state index is 0.340. The van der Waals surface area contributed by atoms with Gasteiger partial charge in [-0.1, -0.05) is 0 Å². The highest BCUT2D eigenvalue weighted by Crippen LogP contribution is 2.16. The molecule has 2 aliphatic rings. The van der Waals surface area contributed by atoms with Crippen LogP contribution in [-0.2, 0) is 24.0 Å². The molecule has 0 aromatic carbocycles. The molecule has 6 nitrogen and oxygen atoms in total. The summed E-state index contributed by atoms with van der Waals surface area (Å²) in [5, 5.41) is 0.944. The summed E-state index contributed by atoms with van der Waals surface area (Å²) < 4.78 is 4.85. The fourth-order valence-corrected chi connectivity index (χ4v) is 1.47. The lowest BCUT2D eigenvalue weighted by molar-refractivity contribution is -0.205. The summed E-state index contributed by atoms with van der Waals surface area (Å²) in [6.45, 7) is 0.340. The molecule has 0 radical (unpaired) electrons. The second kappa shape index (κ2) is 3.72. The largest absolute Gasteiger partial charge is 0.449 e. The van der Waals surface area contributed by atoms with E-state index in [0.717, 1.165) is 17.2 Å². The van der Waals surface area contributed by atoms with E-state index in [1.165, 1.54) is 0 Å². The van der Waals surface area contributed by atoms with E-state index in [0.29, 0.717) is 19.4 Å². The molecule has 6 heteroatoms. The van der Waals surface area contributed by atoms with Crippen molar-refractivity contribution >= 4 is 17.8 Å². The van der Waals surface area contributed by atoms with E-state index in [1.54, 1.807) is 0 Å². The van der Waals surface area contributed by atoms with Crippen LogP contribution in [0.4, 0.5) is 0 Å². The Labute approximate surface area is 85.4 Å². The van der Waals surface area contributed by atoms with Gasteiger partial charge in [-0.25, -0.2) is 9.59 Å². The van der Waals surface area contributed by atoms with E-state index in [2.05, 4.69) is 0 Å². The molecule has 0 spiro atoms. The first-order chi connectivity index (χ1) is 7.16. The molecule has 0 N–H and O–H groups in total. The molecule has 2 aliphatic heterocycles. The summed E-state index contributed by atoms with van der Waals surface area (Å²) in [6, 6.07) is 0. The third kappa shape index (κ3) is 1.98. The van der Waals surface area contributed by atoms with E-state index in [9.17, 15) is 14.4 Å². The summed E-state index contributed by atoms with van der Waals surface area (Å²) >= 11 is 0. The molecular weight excluding hydrogens is 202 g/mol. The summed E-state index contributed by atoms with van der Waals surface area (Å²) in [6.07, 6.45) is 2.17. The number of piperidine rings is 1. The molecule has 1 saturated heterocycles. The first-order valence-corrected chi connectivity index (χ1v) is 4.59. The van der Waals surface area contributed by atoms with Crippen molar-refractivity contribution in [3.8, 4) is 0 Å². The standard InChI is InChI=1S/C9H9NO5/c11-7-3-4-8(12)15-10-5-1-2-6(14-7)9(10)13/h3-4,6H,1-2,5H2/b4-3-. The van der Waals surface area contributed by atoms with Gasteiger partial charge in [0.1, 0.15) is 0 Å². The second-order valence-electron chi connectivity index (χ2n) is 3.25. The predicted octanol–water partition coefficient (Wildman–Crippen LogP) is -0.451. The number of fused-ring (bicyclic) bond motifs is 2. The quantitative estimate of drug-likeness (QED) is 0.507. The molecular formula is C9H9NO5. The smallest absolute Gasteiger partial charge is 0.356 e. The van der Waals surface area contributed by atoms with Gasteiger partial charge in [-0.05, 0) is 12.8 Å². The van der Waals surface area contributed by atoms with E-state index in [-0.39, 0.29) is 0 Å². The Bertz CT molecular complexity index is 318. The van der Waals surface area contributed by atoms with Gasteiger partial charge in [0.2, 0.25) is 0 Å². The van der Waals surface area contributed by atoms with Crippen LogP contribution in [0.5, 0.6) is 0 Å². The molecule has 1 amide bonds. The van der Waals surface area contributed by atoms with Crippen LogP contribution < -0.4 is 0 Å². The zero-order valence-electron chi connectivity index (χ0n) is 7.84. The first-order valence-electron chi connectivity index (χ1n) is 4.59. The molecule has 2 rings (SSSR count). The number of hydroxylamine groups is 2. The Hall–Kier alpha value is -1.85. The van der Waals surface area contributed by atoms with Crippen molar-refractivity contribution in [3.63, 3.8) is 0 Å². The van der Waals surface area contributed by atoms with Gasteiger partial charge in [-0.2, -0.15) is 5.06 Å². The lowest BCUT2D eigenvalue weighted by atomic mass is 10.1. The maximum absolute atomic E-state index is 11.6. The van der Waals surface area contributed by atoms with E-state index in [1.807, 2.05) is 0 Å². The predicted molar refractivity (Wildman–Crippen MR) is 46.1 cm³/mol. The number of nitrogens with zero attached hydrogens (tertiary/aromatic N) is 1. The molecule has 0 aliphatic carbocycles. The lowest BCUT2D eigenvalue weighted by Crippen LogP contribution is -2.46. The molecule has 1 fully saturated rings. The van der Waals surface area contributed by atoms with Crippen molar-refractivity contribution in [3.05, 3.63) is 12.2 Å². The number of hydrogen-bond acceptors (Lipinski definition) is 5. The molecule has 0 aromatic heterocycles. The van der Waals surface area contributed by atoms with Crippen molar-refractivity contribution in [1.82, 2.24) is 5.06 Å². The fourth-order valence-electron chi connectivity index (χ4n) is 1.47. The molecule has 0 saturated carbocycles. The highest BCUT2D eigenvalue weighted by atomic mass is 16.7. The van der Waals surface area contributed by atoms with Crippen LogP contribution >= 0.6 is 0 Å². The van der Waals surface area contributed by atoms with E-state index in [4.69, 9.17) is 9.57 Å². The van der Waals surface area contributed by atoms with Gasteiger partial charge in [-0.15, -0.1) is 0 Å². The van der Waals surface area contributed by atoms with Gasteiger partial charge >= 0.3 is 11.9 Å². The third-order valence-electron chi connectivity index (χ3n) is 2.16. The zero-order valence-corrected chi connectivity index (χ0v) is 7.84. The Morgan fingerprint density at radius 3 is 2.73 bits per heavy atom. The number of amides is 1. The van der Waals surface area contributed by atoms with Crippen molar-refractivity contribution in [2.24, 2.45) is 0 Å². The average Bonchev–Trinajstić information content (AvgIpc) is 2.24. The second-order valence-corrected chi connectivity index (χ2v) is 3.25. The topological polar surface area (TPSA) is 72.9 Å². The zero-order chi connectivity index (χ0) is 10.8. The number of hydrogen-bond donors (Lipinski definition) is 0. The molecule has 80 valence electrons. The van der Waals surface area contributed by atoms with E-state index >= 15 is 0 Å². The van der Waals surface area contributed by atoms with Crippen LogP contribution in [0, 0.1) is 0 Å². The summed E-state index contributed by atoms with van der Waals surface area (Å²) in [7, 11) is 0. The number of carbonyl (C=O) groups excluding carboxylic acids is 3. The van der Waals surface area contributed by atoms with E-state index < -0.39 is 23.9 Å². The average molecular weight is 211 g/mol. The number of esters is 1. The van der Waals surface area contributed by atoms with Crippen LogP contribution in [0.3, 0.4) is 0 Å². The molecule has 15 heavy (non-hydrogen) atoms. The first kappa shape index (κ1) is 9.70. The fraction of sp³-hybridized carbons (Fsp3) is 0.444. The van der Waals surface area contributed by atoms with Gasteiger partial charge in [0, 0.05) is 12.2 Å². The van der Waals surface area contributed by atoms with Crippen LogP contribution in [0.15, 0.2) is 12.2 Å². The number of rotatable bonds is 0. The van der Waals surface area contributed by atoms with Gasteiger partial charge in [0.05, 0.1) is 6.54 Å². The SMILES string of the molecule is O=C1/C=C\C(=O)ON2CCCC(O1)C2=O. The van der Waals surface area contributed by atoms with Gasteiger partial charge < -0.3 is 9.57 Å². The van der Waals surface area contributed by atoms with Crippen LogP contribution in [0.1, 0.15) is 12.8 Å². The number of carbonyl (C=O) groups is 3. The van der Waals surface area contributed by atoms with Gasteiger partial charge in [0.25, 0.3) is 5.91 Å². The Morgan fingerprint density at radius 1 is 1.20 bits per heavy atom. The van der Waals surface area contributed by atoms with Gasteiger partial charge in [0.15, 0.2) is 6.10 Å². The highest BCUT2D eigenvalue weighted by molar-refractivity contribution is 5.95. The maximum Gasteiger partial charge on any atom is 0.356 e. The Morgan fingerprint density at radius 2 is 1.93 bits per heavy atom. The summed E-state index contributed by atoms with van der Waals surface area (Å²) in [5.41, 5.74) is 0. The van der Waals surface area contributed by atoms with Crippen LogP contribution in [-0.4, -0.2) is 35.6 Å². The van der Waals surface area contributed by atoms with Gasteiger partial charge in [-0.3, -0.25) is 4.79 Å². The minimum atomic E-state index is -0.832. The van der Waals surface area contributed by atoms with Crippen molar-refractivity contribution in [2.45, 2.75) is 18.9 Å². The highest BCUT2D eigenvalue weighted by Gasteiger charge is 2.34. The third-order valence-corrected chi connectivity index (χ3v) is 2.16. The Balaban J connectivity index is 2.24. The molecule has 2 bridgehead atoms. The van der Waals surface area contributed by atoms with Crippen molar-refractivity contribution < 1.29 is 24.0 Å². The lowest BCUT2D eigenvalue weighted by Gasteiger charge is -2.28. The van der Waals surface area contributed by atoms with Crippen LogP contribution in [0.25, 0.3) is 0 Å². The molecule has 1 atom stereocenters. The Kier molecular flexibility index (Phi) is 2.40.